The molecule has 1 amide bonds. The number of nitriles is 1. The molecule has 0 bridgehead atoms. The molecule has 0 aliphatic heterocycles. The summed E-state index contributed by atoms with van der Waals surface area (Å²) in [7, 11) is 1.53. The van der Waals surface area contributed by atoms with E-state index in [1.165, 1.54) is 13.2 Å². The third kappa shape index (κ3) is 5.63. The van der Waals surface area contributed by atoms with E-state index in [2.05, 4.69) is 5.32 Å². The lowest BCUT2D eigenvalue weighted by Gasteiger charge is -2.12. The van der Waals surface area contributed by atoms with Crippen molar-refractivity contribution in [2.75, 3.05) is 7.11 Å². The number of carbonyl (C=O) groups is 1. The summed E-state index contributed by atoms with van der Waals surface area (Å²) >= 11 is 7.71. The minimum Gasteiger partial charge on any atom is -0.493 e. The Hall–Kier alpha value is -3.27. The first-order chi connectivity index (χ1) is 14.6. The molecule has 0 fully saturated rings. The maximum atomic E-state index is 12.3. The highest BCUT2D eigenvalue weighted by atomic mass is 35.5. The molecule has 2 aromatic carbocycles. The van der Waals surface area contributed by atoms with Gasteiger partial charge in [-0.25, -0.2) is 0 Å². The molecule has 152 valence electrons. The topological polar surface area (TPSA) is 71.3 Å². The van der Waals surface area contributed by atoms with Crippen LogP contribution in [0, 0.1) is 11.3 Å². The molecule has 1 heterocycles. The highest BCUT2D eigenvalue weighted by Gasteiger charge is 2.11. The molecule has 3 aromatic rings. The van der Waals surface area contributed by atoms with Gasteiger partial charge in [0.05, 0.1) is 13.7 Å². The molecule has 1 N–H and O–H groups in total. The van der Waals surface area contributed by atoms with Crippen LogP contribution in [-0.2, 0) is 17.9 Å². The number of nitrogens with zero attached hydrogens (tertiary/aromatic N) is 1. The highest BCUT2D eigenvalue weighted by Crippen LogP contribution is 2.30. The molecule has 5 nitrogen and oxygen atoms in total. The number of rotatable bonds is 8. The van der Waals surface area contributed by atoms with Crippen LogP contribution in [0.1, 0.15) is 16.0 Å². The van der Waals surface area contributed by atoms with Crippen molar-refractivity contribution in [3.05, 3.63) is 86.6 Å². The Kier molecular flexibility index (Phi) is 7.50. The van der Waals surface area contributed by atoms with Gasteiger partial charge in [0.25, 0.3) is 5.91 Å². The van der Waals surface area contributed by atoms with E-state index in [4.69, 9.17) is 21.1 Å². The minimum absolute atomic E-state index is 0.0124. The van der Waals surface area contributed by atoms with Gasteiger partial charge in [-0.2, -0.15) is 5.26 Å². The first kappa shape index (κ1) is 21.4. The van der Waals surface area contributed by atoms with Gasteiger partial charge in [-0.15, -0.1) is 11.3 Å². The lowest BCUT2D eigenvalue weighted by molar-refractivity contribution is -0.117. The Bertz CT molecular complexity index is 1090. The standard InChI is InChI=1S/C23H19ClN2O3S/c1-28-22-12-16(8-9-21(22)29-15-17-5-2-3-7-20(17)24)11-18(13-25)23(27)26-14-19-6-4-10-30-19/h2-12H,14-15H2,1H3,(H,26,27)/b18-11+. The lowest BCUT2D eigenvalue weighted by atomic mass is 10.1. The summed E-state index contributed by atoms with van der Waals surface area (Å²) in [6.07, 6.45) is 1.52. The van der Waals surface area contributed by atoms with E-state index in [9.17, 15) is 10.1 Å². The van der Waals surface area contributed by atoms with Crippen molar-refractivity contribution in [1.29, 1.82) is 5.26 Å². The van der Waals surface area contributed by atoms with Crippen LogP contribution >= 0.6 is 22.9 Å². The predicted molar refractivity (Wildman–Crippen MR) is 119 cm³/mol. The van der Waals surface area contributed by atoms with Crippen LogP contribution in [0.25, 0.3) is 6.08 Å². The normalized spacial score (nSPS) is 10.9. The molecule has 0 radical (unpaired) electrons. The summed E-state index contributed by atoms with van der Waals surface area (Å²) < 4.78 is 11.2. The minimum atomic E-state index is -0.427. The van der Waals surface area contributed by atoms with E-state index >= 15 is 0 Å². The smallest absolute Gasteiger partial charge is 0.262 e. The van der Waals surface area contributed by atoms with Crippen molar-refractivity contribution in [2.24, 2.45) is 0 Å². The first-order valence-electron chi connectivity index (χ1n) is 9.07. The second-order valence-corrected chi connectivity index (χ2v) is 7.66. The summed E-state index contributed by atoms with van der Waals surface area (Å²) in [5.74, 6) is 0.603. The largest absolute Gasteiger partial charge is 0.493 e. The summed E-state index contributed by atoms with van der Waals surface area (Å²) in [4.78, 5) is 13.3. The van der Waals surface area contributed by atoms with Crippen molar-refractivity contribution in [3.8, 4) is 17.6 Å². The molecule has 0 saturated carbocycles. The van der Waals surface area contributed by atoms with Crippen LogP contribution in [-0.4, -0.2) is 13.0 Å². The van der Waals surface area contributed by atoms with Gasteiger partial charge in [-0.05, 0) is 41.3 Å². The number of carbonyl (C=O) groups excluding carboxylic acids is 1. The van der Waals surface area contributed by atoms with Gasteiger partial charge in [0, 0.05) is 15.5 Å². The molecule has 0 aliphatic rings. The summed E-state index contributed by atoms with van der Waals surface area (Å²) in [5.41, 5.74) is 1.53. The number of benzene rings is 2. The van der Waals surface area contributed by atoms with Crippen molar-refractivity contribution in [1.82, 2.24) is 5.32 Å². The maximum Gasteiger partial charge on any atom is 0.262 e. The summed E-state index contributed by atoms with van der Waals surface area (Å²) in [6.45, 7) is 0.674. The molecular formula is C23H19ClN2O3S. The zero-order chi connectivity index (χ0) is 21.3. The number of halogens is 1. The number of thiophene rings is 1. The number of hydrogen-bond acceptors (Lipinski definition) is 5. The van der Waals surface area contributed by atoms with E-state index in [0.29, 0.717) is 35.2 Å². The molecule has 0 spiro atoms. The molecule has 0 saturated heterocycles. The van der Waals surface area contributed by atoms with E-state index in [1.54, 1.807) is 35.6 Å². The Morgan fingerprint density at radius 3 is 2.73 bits per heavy atom. The number of methoxy groups -OCH3 is 1. The van der Waals surface area contributed by atoms with Crippen LogP contribution in [0.15, 0.2) is 65.6 Å². The Morgan fingerprint density at radius 1 is 1.20 bits per heavy atom. The number of amides is 1. The Balaban J connectivity index is 1.71. The number of nitrogens with one attached hydrogen (secondary N) is 1. The van der Waals surface area contributed by atoms with Gasteiger partial charge in [0.1, 0.15) is 18.2 Å². The average molecular weight is 439 g/mol. The predicted octanol–water partition coefficient (Wildman–Crippen LogP) is 5.21. The Morgan fingerprint density at radius 2 is 2.03 bits per heavy atom. The monoisotopic (exact) mass is 438 g/mol. The zero-order valence-electron chi connectivity index (χ0n) is 16.2. The third-order valence-corrected chi connectivity index (χ3v) is 5.45. The van der Waals surface area contributed by atoms with Gasteiger partial charge in [0.2, 0.25) is 0 Å². The van der Waals surface area contributed by atoms with Crippen molar-refractivity contribution in [2.45, 2.75) is 13.2 Å². The molecule has 3 rings (SSSR count). The molecule has 0 atom stereocenters. The highest BCUT2D eigenvalue weighted by molar-refractivity contribution is 7.09. The second kappa shape index (κ2) is 10.5. The fraction of sp³-hybridized carbons (Fsp3) is 0.130. The van der Waals surface area contributed by atoms with Gasteiger partial charge in [0.15, 0.2) is 11.5 Å². The van der Waals surface area contributed by atoms with E-state index in [1.807, 2.05) is 41.8 Å². The van der Waals surface area contributed by atoms with Gasteiger partial charge >= 0.3 is 0 Å². The van der Waals surface area contributed by atoms with Crippen molar-refractivity contribution >= 4 is 34.9 Å². The van der Waals surface area contributed by atoms with E-state index in [-0.39, 0.29) is 5.57 Å². The van der Waals surface area contributed by atoms with E-state index in [0.717, 1.165) is 10.4 Å². The SMILES string of the molecule is COc1cc(/C=C(\C#N)C(=O)NCc2cccs2)ccc1OCc1ccccc1Cl. The van der Waals surface area contributed by atoms with Crippen LogP contribution in [0.2, 0.25) is 5.02 Å². The zero-order valence-corrected chi connectivity index (χ0v) is 17.8. The molecule has 7 heteroatoms. The van der Waals surface area contributed by atoms with E-state index < -0.39 is 5.91 Å². The second-order valence-electron chi connectivity index (χ2n) is 6.22. The van der Waals surface area contributed by atoms with Crippen LogP contribution in [0.3, 0.4) is 0 Å². The number of hydrogen-bond donors (Lipinski definition) is 1. The first-order valence-corrected chi connectivity index (χ1v) is 10.3. The van der Waals surface area contributed by atoms with Crippen molar-refractivity contribution in [3.63, 3.8) is 0 Å². The number of ether oxygens (including phenoxy) is 2. The molecule has 0 unspecified atom stereocenters. The van der Waals surface area contributed by atoms with Gasteiger partial charge in [-0.1, -0.05) is 41.9 Å². The summed E-state index contributed by atoms with van der Waals surface area (Å²) in [6, 6.07) is 18.4. The van der Waals surface area contributed by atoms with Gasteiger partial charge < -0.3 is 14.8 Å². The van der Waals surface area contributed by atoms with Crippen LogP contribution in [0.4, 0.5) is 0 Å². The third-order valence-electron chi connectivity index (χ3n) is 4.21. The molecule has 0 aliphatic carbocycles. The van der Waals surface area contributed by atoms with Crippen molar-refractivity contribution < 1.29 is 14.3 Å². The lowest BCUT2D eigenvalue weighted by Crippen LogP contribution is -2.23. The van der Waals surface area contributed by atoms with Crippen LogP contribution in [0.5, 0.6) is 11.5 Å². The fourth-order valence-corrected chi connectivity index (χ4v) is 3.49. The van der Waals surface area contributed by atoms with Gasteiger partial charge in [-0.3, -0.25) is 4.79 Å². The fourth-order valence-electron chi connectivity index (χ4n) is 2.66. The summed E-state index contributed by atoms with van der Waals surface area (Å²) in [5, 5.41) is 14.7. The molecule has 30 heavy (non-hydrogen) atoms. The molecule has 1 aromatic heterocycles. The quantitative estimate of drug-likeness (QED) is 0.387. The molecular weight excluding hydrogens is 420 g/mol. The average Bonchev–Trinajstić information content (AvgIpc) is 3.29. The van der Waals surface area contributed by atoms with Crippen LogP contribution < -0.4 is 14.8 Å². The Labute approximate surface area is 184 Å². The maximum absolute atomic E-state index is 12.3.